The molecule has 2 fully saturated rings. The molecule has 6 rings (SSSR count). The second-order valence-corrected chi connectivity index (χ2v) is 14.8. The molecule has 272 valence electrons. The number of halogens is 4. The topological polar surface area (TPSA) is 35.9 Å². The third kappa shape index (κ3) is 12.0. The summed E-state index contributed by atoms with van der Waals surface area (Å²) in [5, 5.41) is 11.9. The van der Waals surface area contributed by atoms with Gasteiger partial charge in [-0.25, -0.2) is 0 Å². The molecular formula is C42H54Cl4N2O2. The van der Waals surface area contributed by atoms with Gasteiger partial charge in [-0.2, -0.15) is 0 Å². The zero-order valence-electron chi connectivity index (χ0n) is 29.9. The Bertz CT molecular complexity index is 1510. The molecule has 0 aromatic heterocycles. The van der Waals surface area contributed by atoms with Crippen molar-refractivity contribution in [2.24, 2.45) is 0 Å². The summed E-state index contributed by atoms with van der Waals surface area (Å²) in [6, 6.07) is 36.7. The van der Waals surface area contributed by atoms with Gasteiger partial charge in [0.2, 0.25) is 0 Å². The maximum Gasteiger partial charge on any atom is 0.115 e. The van der Waals surface area contributed by atoms with Crippen LogP contribution in [0, 0.1) is 0 Å². The second kappa shape index (κ2) is 20.8. The fraction of sp³-hybridized carbons (Fsp3) is 0.429. The van der Waals surface area contributed by atoms with Crippen molar-refractivity contribution in [1.29, 1.82) is 0 Å². The lowest BCUT2D eigenvalue weighted by molar-refractivity contribution is -0.0117. The van der Waals surface area contributed by atoms with E-state index in [1.807, 2.05) is 60.7 Å². The molecule has 0 aliphatic carbocycles. The lowest BCUT2D eigenvalue weighted by Crippen LogP contribution is -2.31. The molecule has 0 bridgehead atoms. The van der Waals surface area contributed by atoms with Gasteiger partial charge in [0.25, 0.3) is 0 Å². The van der Waals surface area contributed by atoms with Crippen LogP contribution in [-0.4, -0.2) is 66.7 Å². The highest BCUT2D eigenvalue weighted by atomic mass is 35.5. The Morgan fingerprint density at radius 2 is 1.04 bits per heavy atom. The highest BCUT2D eigenvalue weighted by molar-refractivity contribution is 6.30. The van der Waals surface area contributed by atoms with Gasteiger partial charge in [0.1, 0.15) is 11.2 Å². The van der Waals surface area contributed by atoms with Gasteiger partial charge in [0, 0.05) is 34.6 Å². The van der Waals surface area contributed by atoms with E-state index in [9.17, 15) is 5.11 Å². The van der Waals surface area contributed by atoms with Crippen LogP contribution in [0.4, 0.5) is 0 Å². The average Bonchev–Trinajstić information content (AvgIpc) is 3.73. The summed E-state index contributed by atoms with van der Waals surface area (Å²) < 4.78 is 6.48. The smallest absolute Gasteiger partial charge is 0.115 e. The summed E-state index contributed by atoms with van der Waals surface area (Å²) in [4.78, 5) is 4.86. The van der Waals surface area contributed by atoms with Crippen LogP contribution >= 0.6 is 47.2 Å². The number of rotatable bonds is 10. The summed E-state index contributed by atoms with van der Waals surface area (Å²) in [6.07, 6.45) is 7.53. The minimum Gasteiger partial charge on any atom is -0.381 e. The molecule has 2 saturated heterocycles. The Balaban J connectivity index is 0.000000224. The Labute approximate surface area is 322 Å². The molecule has 4 nitrogen and oxygen atoms in total. The van der Waals surface area contributed by atoms with Crippen molar-refractivity contribution in [2.45, 2.75) is 75.7 Å². The summed E-state index contributed by atoms with van der Waals surface area (Å²) >= 11 is 17.5. The van der Waals surface area contributed by atoms with Crippen LogP contribution in [0.1, 0.15) is 74.6 Å². The van der Waals surface area contributed by atoms with Crippen molar-refractivity contribution in [3.63, 3.8) is 0 Å². The van der Waals surface area contributed by atoms with E-state index >= 15 is 0 Å². The number of alkyl halides is 1. The average molecular weight is 761 g/mol. The van der Waals surface area contributed by atoms with Crippen molar-refractivity contribution < 1.29 is 9.84 Å². The van der Waals surface area contributed by atoms with E-state index in [1.165, 1.54) is 44.3 Å². The summed E-state index contributed by atoms with van der Waals surface area (Å²) in [6.45, 7) is 7.16. The van der Waals surface area contributed by atoms with Crippen molar-refractivity contribution in [3.8, 4) is 0 Å². The van der Waals surface area contributed by atoms with Gasteiger partial charge in [-0.3, -0.25) is 0 Å². The van der Waals surface area contributed by atoms with Crippen LogP contribution in [0.15, 0.2) is 109 Å². The quantitative estimate of drug-likeness (QED) is 0.163. The van der Waals surface area contributed by atoms with Gasteiger partial charge >= 0.3 is 0 Å². The Morgan fingerprint density at radius 1 is 0.640 bits per heavy atom. The second-order valence-electron chi connectivity index (χ2n) is 13.5. The fourth-order valence-corrected chi connectivity index (χ4v) is 7.28. The third-order valence-corrected chi connectivity index (χ3v) is 10.8. The Hall–Kier alpha value is -2.12. The lowest BCUT2D eigenvalue weighted by atomic mass is 9.88. The number of likely N-dealkylation sites (tertiary alicyclic amines) is 2. The van der Waals surface area contributed by atoms with Crippen LogP contribution in [0.5, 0.6) is 0 Å². The Kier molecular flexibility index (Phi) is 17.6. The molecule has 1 N–H and O–H groups in total. The van der Waals surface area contributed by atoms with Gasteiger partial charge in [0.05, 0.1) is 0 Å². The number of ether oxygens (including phenoxy) is 1. The van der Waals surface area contributed by atoms with Crippen molar-refractivity contribution in [3.05, 3.63) is 141 Å². The first kappa shape index (κ1) is 42.3. The molecule has 0 spiro atoms. The van der Waals surface area contributed by atoms with Gasteiger partial charge in [0.15, 0.2) is 0 Å². The van der Waals surface area contributed by atoms with Crippen LogP contribution in [0.25, 0.3) is 0 Å². The van der Waals surface area contributed by atoms with E-state index in [0.717, 1.165) is 53.1 Å². The SMILES string of the molecule is CC(O)(c1ccccc1)c1ccc(Cl)cc1.CN1CCC[C@@H]1CCCl.CN1CCC[C@@H]1CCOC(C)(c1ccccc1)c1ccc(Cl)cc1.Cl. The molecular weight excluding hydrogens is 706 g/mol. The molecule has 50 heavy (non-hydrogen) atoms. The lowest BCUT2D eigenvalue weighted by Gasteiger charge is -2.32. The zero-order chi connectivity index (χ0) is 35.3. The number of benzene rings is 4. The number of nitrogens with zero attached hydrogens (tertiary/aromatic N) is 2. The van der Waals surface area contributed by atoms with Gasteiger partial charge < -0.3 is 19.6 Å². The van der Waals surface area contributed by atoms with E-state index < -0.39 is 11.2 Å². The van der Waals surface area contributed by atoms with E-state index in [4.69, 9.17) is 39.5 Å². The minimum atomic E-state index is -0.980. The van der Waals surface area contributed by atoms with Crippen LogP contribution in [0.3, 0.4) is 0 Å². The predicted molar refractivity (Wildman–Crippen MR) is 215 cm³/mol. The van der Waals surface area contributed by atoms with E-state index in [-0.39, 0.29) is 12.4 Å². The monoisotopic (exact) mass is 758 g/mol. The summed E-state index contributed by atoms with van der Waals surface area (Å²) in [5.74, 6) is 0.814. The number of aliphatic hydroxyl groups is 1. The highest BCUT2D eigenvalue weighted by Gasteiger charge is 2.31. The molecule has 0 amide bonds. The van der Waals surface area contributed by atoms with E-state index in [1.54, 1.807) is 19.1 Å². The molecule has 4 aromatic rings. The van der Waals surface area contributed by atoms with Gasteiger partial charge in [-0.1, -0.05) is 108 Å². The van der Waals surface area contributed by atoms with Crippen LogP contribution < -0.4 is 0 Å². The van der Waals surface area contributed by atoms with E-state index in [2.05, 4.69) is 67.2 Å². The largest absolute Gasteiger partial charge is 0.381 e. The first-order valence-electron chi connectivity index (χ1n) is 17.5. The van der Waals surface area contributed by atoms with Gasteiger partial charge in [-0.15, -0.1) is 24.0 Å². The first-order chi connectivity index (χ1) is 23.5. The van der Waals surface area contributed by atoms with Crippen LogP contribution in [0.2, 0.25) is 10.0 Å². The standard InChI is InChI=1S/C21H26ClNO.C14H13ClO.C7H14ClN.ClH/c1-21(17-7-4-3-5-8-17,18-10-12-19(22)13-11-18)24-16-14-20-9-6-15-23(20)2;1-14(16,11-5-3-2-4-6-11)12-7-9-13(15)10-8-12;1-9-6-2-3-7(9)4-5-8;/h3-5,7-8,10-13,20H,6,9,14-16H2,1-2H3;2-10,16H,1H3;7H,2-6H2,1H3;1H/t20-,21?;;7-;/m1.1./s1. The fourth-order valence-electron chi connectivity index (χ4n) is 6.77. The number of hydrogen-bond acceptors (Lipinski definition) is 4. The van der Waals surface area contributed by atoms with Crippen molar-refractivity contribution in [1.82, 2.24) is 9.80 Å². The normalized spacial score (nSPS) is 19.9. The molecule has 2 heterocycles. The summed E-state index contributed by atoms with van der Waals surface area (Å²) in [5.41, 5.74) is 2.58. The molecule has 4 aromatic carbocycles. The van der Waals surface area contributed by atoms with Crippen molar-refractivity contribution >= 4 is 47.2 Å². The molecule has 2 aliphatic rings. The molecule has 2 unspecified atom stereocenters. The minimum absolute atomic E-state index is 0. The molecule has 0 radical (unpaired) electrons. The molecule has 2 aliphatic heterocycles. The maximum absolute atomic E-state index is 10.5. The summed E-state index contributed by atoms with van der Waals surface area (Å²) in [7, 11) is 4.40. The zero-order valence-corrected chi connectivity index (χ0v) is 33.0. The van der Waals surface area contributed by atoms with Gasteiger partial charge in [-0.05, 0) is 126 Å². The maximum atomic E-state index is 10.5. The third-order valence-electron chi connectivity index (χ3n) is 10.1. The molecule has 4 atom stereocenters. The van der Waals surface area contributed by atoms with Crippen molar-refractivity contribution in [2.75, 3.05) is 39.7 Å². The van der Waals surface area contributed by atoms with Crippen LogP contribution in [-0.2, 0) is 15.9 Å². The first-order valence-corrected chi connectivity index (χ1v) is 18.8. The predicted octanol–water partition coefficient (Wildman–Crippen LogP) is 10.8. The van der Waals surface area contributed by atoms with E-state index in [0.29, 0.717) is 11.1 Å². The molecule has 0 saturated carbocycles. The molecule has 8 heteroatoms. The number of hydrogen-bond donors (Lipinski definition) is 1. The highest BCUT2D eigenvalue weighted by Crippen LogP contribution is 2.35. The Morgan fingerprint density at radius 3 is 1.48 bits per heavy atom.